The number of benzene rings is 1. The number of hydrogen-bond acceptors (Lipinski definition) is 3. The number of aromatic nitrogens is 1. The Hall–Kier alpha value is -2.13. The average Bonchev–Trinajstić information content (AvgIpc) is 2.54. The summed E-state index contributed by atoms with van der Waals surface area (Å²) in [7, 11) is 2.14. The first-order valence-electron chi connectivity index (χ1n) is 7.31. The van der Waals surface area contributed by atoms with Crippen molar-refractivity contribution in [2.24, 2.45) is 0 Å². The summed E-state index contributed by atoms with van der Waals surface area (Å²) in [6.45, 7) is 2.61. The van der Waals surface area contributed by atoms with Crippen molar-refractivity contribution in [1.82, 2.24) is 9.88 Å². The third-order valence-corrected chi connectivity index (χ3v) is 3.64. The number of pyridine rings is 1. The van der Waals surface area contributed by atoms with Crippen LogP contribution in [-0.2, 0) is 6.42 Å². The molecule has 0 fully saturated rings. The molecule has 0 saturated heterocycles. The van der Waals surface area contributed by atoms with Crippen molar-refractivity contribution in [3.63, 3.8) is 0 Å². The molecule has 21 heavy (non-hydrogen) atoms. The summed E-state index contributed by atoms with van der Waals surface area (Å²) < 4.78 is 5.79. The number of para-hydroxylation sites is 1. The van der Waals surface area contributed by atoms with Gasteiger partial charge >= 0.3 is 0 Å². The molecule has 1 aliphatic heterocycles. The second-order valence-electron chi connectivity index (χ2n) is 5.44. The van der Waals surface area contributed by atoms with E-state index in [1.54, 1.807) is 0 Å². The topological polar surface area (TPSA) is 25.4 Å². The van der Waals surface area contributed by atoms with Crippen molar-refractivity contribution in [2.75, 3.05) is 26.7 Å². The lowest BCUT2D eigenvalue weighted by Crippen LogP contribution is -2.26. The van der Waals surface area contributed by atoms with Crippen molar-refractivity contribution in [2.45, 2.75) is 6.42 Å². The molecular formula is C18H20N2O. The standard InChI is InChI=1S/C18H20N2O/c1-20(11-9-17-7-4-5-10-19-17)13-15-12-16-6-2-3-8-18(16)21-14-15/h2-8,10,12H,9,11,13-14H2,1H3. The minimum Gasteiger partial charge on any atom is -0.489 e. The van der Waals surface area contributed by atoms with E-state index >= 15 is 0 Å². The normalized spacial score (nSPS) is 13.5. The number of rotatable bonds is 5. The first kappa shape index (κ1) is 13.8. The van der Waals surface area contributed by atoms with Crippen LogP contribution >= 0.6 is 0 Å². The third-order valence-electron chi connectivity index (χ3n) is 3.64. The van der Waals surface area contributed by atoms with Crippen LogP contribution in [0.25, 0.3) is 6.08 Å². The van der Waals surface area contributed by atoms with Crippen LogP contribution in [0.5, 0.6) is 5.75 Å². The maximum absolute atomic E-state index is 5.79. The summed E-state index contributed by atoms with van der Waals surface area (Å²) in [5.41, 5.74) is 3.64. The van der Waals surface area contributed by atoms with Gasteiger partial charge in [-0.15, -0.1) is 0 Å². The van der Waals surface area contributed by atoms with Gasteiger partial charge in [0.1, 0.15) is 12.4 Å². The Morgan fingerprint density at radius 1 is 1.14 bits per heavy atom. The summed E-state index contributed by atoms with van der Waals surface area (Å²) in [5.74, 6) is 0.984. The van der Waals surface area contributed by atoms with Crippen LogP contribution < -0.4 is 4.74 Å². The molecule has 0 unspecified atom stereocenters. The molecule has 1 aromatic heterocycles. The number of ether oxygens (including phenoxy) is 1. The second-order valence-corrected chi connectivity index (χ2v) is 5.44. The zero-order valence-corrected chi connectivity index (χ0v) is 12.3. The molecule has 0 atom stereocenters. The molecule has 0 spiro atoms. The van der Waals surface area contributed by atoms with Crippen molar-refractivity contribution < 1.29 is 4.74 Å². The van der Waals surface area contributed by atoms with Crippen LogP contribution in [0.2, 0.25) is 0 Å². The zero-order valence-electron chi connectivity index (χ0n) is 12.3. The predicted molar refractivity (Wildman–Crippen MR) is 85.4 cm³/mol. The molecule has 0 saturated carbocycles. The molecule has 1 aliphatic rings. The van der Waals surface area contributed by atoms with E-state index in [0.29, 0.717) is 6.61 Å². The molecule has 0 N–H and O–H groups in total. The van der Waals surface area contributed by atoms with Gasteiger partial charge in [-0.1, -0.05) is 24.3 Å². The summed E-state index contributed by atoms with van der Waals surface area (Å²) in [4.78, 5) is 6.68. The number of hydrogen-bond donors (Lipinski definition) is 0. The van der Waals surface area contributed by atoms with Crippen LogP contribution in [-0.4, -0.2) is 36.6 Å². The van der Waals surface area contributed by atoms with E-state index in [-0.39, 0.29) is 0 Å². The molecule has 0 bridgehead atoms. The van der Waals surface area contributed by atoms with Crippen LogP contribution in [0.1, 0.15) is 11.3 Å². The van der Waals surface area contributed by atoms with Crippen LogP contribution in [0, 0.1) is 0 Å². The SMILES string of the molecule is CN(CCc1ccccn1)CC1=Cc2ccccc2OC1. The largest absolute Gasteiger partial charge is 0.489 e. The molecule has 108 valence electrons. The monoisotopic (exact) mass is 280 g/mol. The van der Waals surface area contributed by atoms with Gasteiger partial charge in [0, 0.05) is 37.0 Å². The van der Waals surface area contributed by atoms with E-state index in [1.807, 2.05) is 36.5 Å². The lowest BCUT2D eigenvalue weighted by atomic mass is 10.1. The highest BCUT2D eigenvalue weighted by atomic mass is 16.5. The second kappa shape index (κ2) is 6.55. The molecule has 2 aromatic rings. The van der Waals surface area contributed by atoms with Crippen molar-refractivity contribution in [1.29, 1.82) is 0 Å². The Labute approximate surface area is 125 Å². The van der Waals surface area contributed by atoms with Gasteiger partial charge in [0.2, 0.25) is 0 Å². The van der Waals surface area contributed by atoms with Gasteiger partial charge < -0.3 is 9.64 Å². The first-order valence-corrected chi connectivity index (χ1v) is 7.31. The quantitative estimate of drug-likeness (QED) is 0.842. The van der Waals surface area contributed by atoms with E-state index in [4.69, 9.17) is 4.74 Å². The van der Waals surface area contributed by atoms with Gasteiger partial charge in [-0.05, 0) is 36.9 Å². The molecule has 1 aromatic carbocycles. The van der Waals surface area contributed by atoms with Gasteiger partial charge in [-0.2, -0.15) is 0 Å². The van der Waals surface area contributed by atoms with E-state index in [9.17, 15) is 0 Å². The Morgan fingerprint density at radius 2 is 2.00 bits per heavy atom. The molecule has 0 radical (unpaired) electrons. The lowest BCUT2D eigenvalue weighted by Gasteiger charge is -2.22. The van der Waals surface area contributed by atoms with E-state index in [2.05, 4.69) is 35.1 Å². The van der Waals surface area contributed by atoms with Crippen LogP contribution in [0.4, 0.5) is 0 Å². The first-order chi connectivity index (χ1) is 10.3. The minimum absolute atomic E-state index is 0.685. The smallest absolute Gasteiger partial charge is 0.127 e. The fraction of sp³-hybridized carbons (Fsp3) is 0.278. The minimum atomic E-state index is 0.685. The highest BCUT2D eigenvalue weighted by Crippen LogP contribution is 2.25. The number of nitrogens with zero attached hydrogens (tertiary/aromatic N) is 2. The Morgan fingerprint density at radius 3 is 2.86 bits per heavy atom. The van der Waals surface area contributed by atoms with E-state index in [1.165, 1.54) is 11.1 Å². The molecule has 0 amide bonds. The lowest BCUT2D eigenvalue weighted by molar-refractivity contribution is 0.309. The van der Waals surface area contributed by atoms with Crippen molar-refractivity contribution >= 4 is 6.08 Å². The summed E-state index contributed by atoms with van der Waals surface area (Å²) >= 11 is 0. The molecule has 0 aliphatic carbocycles. The van der Waals surface area contributed by atoms with Crippen LogP contribution in [0.15, 0.2) is 54.2 Å². The molecule has 2 heterocycles. The van der Waals surface area contributed by atoms with Crippen molar-refractivity contribution in [3.05, 3.63) is 65.5 Å². The Balaban J connectivity index is 1.56. The van der Waals surface area contributed by atoms with E-state index in [0.717, 1.165) is 31.0 Å². The van der Waals surface area contributed by atoms with Gasteiger partial charge in [0.25, 0.3) is 0 Å². The predicted octanol–water partition coefficient (Wildman–Crippen LogP) is 3.03. The summed E-state index contributed by atoms with van der Waals surface area (Å²) in [6.07, 6.45) is 5.07. The highest BCUT2D eigenvalue weighted by molar-refractivity contribution is 5.62. The van der Waals surface area contributed by atoms with Gasteiger partial charge in [0.15, 0.2) is 0 Å². The number of fused-ring (bicyclic) bond motifs is 1. The van der Waals surface area contributed by atoms with Crippen LogP contribution in [0.3, 0.4) is 0 Å². The Kier molecular flexibility index (Phi) is 4.31. The van der Waals surface area contributed by atoms with Crippen molar-refractivity contribution in [3.8, 4) is 5.75 Å². The van der Waals surface area contributed by atoms with Gasteiger partial charge in [-0.3, -0.25) is 4.98 Å². The summed E-state index contributed by atoms with van der Waals surface area (Å²) in [6, 6.07) is 14.2. The fourth-order valence-corrected chi connectivity index (χ4v) is 2.53. The maximum atomic E-state index is 5.79. The molecule has 3 nitrogen and oxygen atoms in total. The summed E-state index contributed by atoms with van der Waals surface area (Å²) in [5, 5.41) is 0. The number of likely N-dealkylation sites (N-methyl/N-ethyl adjacent to an activating group) is 1. The van der Waals surface area contributed by atoms with Gasteiger partial charge in [-0.25, -0.2) is 0 Å². The molecular weight excluding hydrogens is 260 g/mol. The Bertz CT molecular complexity index is 622. The fourth-order valence-electron chi connectivity index (χ4n) is 2.53. The maximum Gasteiger partial charge on any atom is 0.127 e. The van der Waals surface area contributed by atoms with Gasteiger partial charge in [0.05, 0.1) is 0 Å². The average molecular weight is 280 g/mol. The highest BCUT2D eigenvalue weighted by Gasteiger charge is 2.12. The molecule has 3 heteroatoms. The third kappa shape index (κ3) is 3.70. The van der Waals surface area contributed by atoms with E-state index < -0.39 is 0 Å². The zero-order chi connectivity index (χ0) is 14.5. The molecule has 3 rings (SSSR count).